The molecule has 1 N–H and O–H groups in total. The van der Waals surface area contributed by atoms with Crippen molar-refractivity contribution in [2.45, 2.75) is 39.2 Å². The van der Waals surface area contributed by atoms with E-state index in [-0.39, 0.29) is 11.9 Å². The highest BCUT2D eigenvalue weighted by atomic mass is 32.1. The van der Waals surface area contributed by atoms with Crippen LogP contribution in [0.2, 0.25) is 0 Å². The number of aromatic nitrogens is 1. The molecule has 0 unspecified atom stereocenters. The van der Waals surface area contributed by atoms with Crippen molar-refractivity contribution in [3.05, 3.63) is 39.2 Å². The third kappa shape index (κ3) is 2.30. The van der Waals surface area contributed by atoms with Crippen LogP contribution in [0.1, 0.15) is 50.6 Å². The van der Waals surface area contributed by atoms with E-state index in [1.54, 1.807) is 30.6 Å². The van der Waals surface area contributed by atoms with Gasteiger partial charge < -0.3 is 9.73 Å². The molecule has 0 spiro atoms. The van der Waals surface area contributed by atoms with Gasteiger partial charge in [0.25, 0.3) is 5.91 Å². The van der Waals surface area contributed by atoms with E-state index in [4.69, 9.17) is 4.42 Å². The Morgan fingerprint density at radius 3 is 3.11 bits per heavy atom. The normalized spacial score (nSPS) is 18.1. The van der Waals surface area contributed by atoms with Gasteiger partial charge in [-0.3, -0.25) is 4.79 Å². The molecule has 1 aliphatic carbocycles. The van der Waals surface area contributed by atoms with Gasteiger partial charge in [0.1, 0.15) is 5.76 Å². The molecule has 4 nitrogen and oxygen atoms in total. The summed E-state index contributed by atoms with van der Waals surface area (Å²) in [5.74, 6) is 0.581. The summed E-state index contributed by atoms with van der Waals surface area (Å²) >= 11 is 1.74. The molecule has 2 heterocycles. The quantitative estimate of drug-likeness (QED) is 0.916. The largest absolute Gasteiger partial charge is 0.469 e. The van der Waals surface area contributed by atoms with E-state index in [0.717, 1.165) is 30.0 Å². The van der Waals surface area contributed by atoms with Gasteiger partial charge in [-0.1, -0.05) is 0 Å². The molecule has 100 valence electrons. The first-order chi connectivity index (χ1) is 9.15. The number of amides is 1. The van der Waals surface area contributed by atoms with Gasteiger partial charge in [-0.2, -0.15) is 0 Å². The molecule has 5 heteroatoms. The zero-order valence-corrected chi connectivity index (χ0v) is 11.8. The summed E-state index contributed by atoms with van der Waals surface area (Å²) in [6.45, 7) is 3.82. The molecule has 0 aliphatic heterocycles. The van der Waals surface area contributed by atoms with Crippen LogP contribution in [0.5, 0.6) is 0 Å². The fourth-order valence-corrected chi connectivity index (χ4v) is 3.58. The number of hydrogen-bond donors (Lipinski definition) is 1. The van der Waals surface area contributed by atoms with E-state index in [2.05, 4.69) is 10.3 Å². The van der Waals surface area contributed by atoms with E-state index < -0.39 is 0 Å². The highest BCUT2D eigenvalue weighted by Crippen LogP contribution is 2.33. The first kappa shape index (κ1) is 12.4. The average molecular weight is 276 g/mol. The van der Waals surface area contributed by atoms with Crippen LogP contribution in [-0.2, 0) is 6.42 Å². The number of aryl methyl sites for hydroxylation is 3. The Morgan fingerprint density at radius 1 is 1.53 bits per heavy atom. The van der Waals surface area contributed by atoms with E-state index >= 15 is 0 Å². The van der Waals surface area contributed by atoms with Crippen LogP contribution in [0, 0.1) is 13.8 Å². The lowest BCUT2D eigenvalue weighted by Crippen LogP contribution is -2.31. The third-order valence-electron chi connectivity index (χ3n) is 3.47. The molecule has 2 aromatic rings. The maximum absolute atomic E-state index is 12.2. The predicted octanol–water partition coefficient (Wildman–Crippen LogP) is 3.16. The second-order valence-electron chi connectivity index (χ2n) is 4.85. The molecule has 0 radical (unpaired) electrons. The lowest BCUT2D eigenvalue weighted by molar-refractivity contribution is 0.0930. The second kappa shape index (κ2) is 4.81. The first-order valence-corrected chi connectivity index (χ1v) is 7.28. The Morgan fingerprint density at radius 2 is 2.37 bits per heavy atom. The van der Waals surface area contributed by atoms with Crippen molar-refractivity contribution in [3.8, 4) is 0 Å². The van der Waals surface area contributed by atoms with Crippen LogP contribution >= 0.6 is 11.3 Å². The molecule has 0 fully saturated rings. The fraction of sp³-hybridized carbons (Fsp3) is 0.429. The summed E-state index contributed by atoms with van der Waals surface area (Å²) in [6.07, 6.45) is 4.68. The molecule has 2 aromatic heterocycles. The van der Waals surface area contributed by atoms with Crippen LogP contribution in [0.15, 0.2) is 16.7 Å². The standard InChI is InChI=1S/C14H16N2O2S/c1-8-10(6-7-18-8)14(17)16-11-4-3-5-12-13(11)15-9(2)19-12/h6-7,11H,3-5H2,1-2H3,(H,16,17)/t11-/m1/s1. The maximum Gasteiger partial charge on any atom is 0.255 e. The molecule has 1 amide bonds. The summed E-state index contributed by atoms with van der Waals surface area (Å²) < 4.78 is 5.17. The SMILES string of the molecule is Cc1nc2c(s1)CCC[C@H]2NC(=O)c1ccoc1C. The highest BCUT2D eigenvalue weighted by Gasteiger charge is 2.26. The minimum atomic E-state index is -0.0743. The van der Waals surface area contributed by atoms with E-state index in [0.29, 0.717) is 11.3 Å². The van der Waals surface area contributed by atoms with Crippen LogP contribution in [0.4, 0.5) is 0 Å². The van der Waals surface area contributed by atoms with Gasteiger partial charge in [-0.05, 0) is 39.2 Å². The van der Waals surface area contributed by atoms with Crippen molar-refractivity contribution >= 4 is 17.2 Å². The summed E-state index contributed by atoms with van der Waals surface area (Å²) in [5.41, 5.74) is 1.67. The van der Waals surface area contributed by atoms with Crippen molar-refractivity contribution < 1.29 is 9.21 Å². The number of hydrogen-bond acceptors (Lipinski definition) is 4. The van der Waals surface area contributed by atoms with Crippen molar-refractivity contribution in [2.75, 3.05) is 0 Å². The first-order valence-electron chi connectivity index (χ1n) is 6.46. The summed E-state index contributed by atoms with van der Waals surface area (Å²) in [5, 5.41) is 4.15. The predicted molar refractivity (Wildman–Crippen MR) is 73.4 cm³/mol. The molecule has 0 saturated carbocycles. The van der Waals surface area contributed by atoms with Gasteiger partial charge in [0.05, 0.1) is 28.6 Å². The van der Waals surface area contributed by atoms with E-state index in [9.17, 15) is 4.79 Å². The second-order valence-corrected chi connectivity index (χ2v) is 6.14. The van der Waals surface area contributed by atoms with Crippen molar-refractivity contribution in [1.29, 1.82) is 0 Å². The lowest BCUT2D eigenvalue weighted by Gasteiger charge is -2.22. The van der Waals surface area contributed by atoms with Crippen molar-refractivity contribution in [2.24, 2.45) is 0 Å². The van der Waals surface area contributed by atoms with Gasteiger partial charge in [0, 0.05) is 4.88 Å². The van der Waals surface area contributed by atoms with Gasteiger partial charge in [-0.15, -0.1) is 11.3 Å². The molecule has 0 aromatic carbocycles. The van der Waals surface area contributed by atoms with Crippen LogP contribution in [0.3, 0.4) is 0 Å². The highest BCUT2D eigenvalue weighted by molar-refractivity contribution is 7.11. The minimum Gasteiger partial charge on any atom is -0.469 e. The molecule has 1 aliphatic rings. The number of thiazole rings is 1. The Hall–Kier alpha value is -1.62. The Bertz CT molecular complexity index is 615. The Kier molecular flexibility index (Phi) is 3.14. The van der Waals surface area contributed by atoms with Crippen LogP contribution in [0.25, 0.3) is 0 Å². The number of nitrogens with zero attached hydrogens (tertiary/aromatic N) is 1. The molecule has 0 bridgehead atoms. The molecular weight excluding hydrogens is 260 g/mol. The van der Waals surface area contributed by atoms with Crippen LogP contribution < -0.4 is 5.32 Å². The summed E-state index contributed by atoms with van der Waals surface area (Å²) in [6, 6.07) is 1.75. The Labute approximate surface area is 115 Å². The zero-order chi connectivity index (χ0) is 13.4. The number of furan rings is 1. The van der Waals surface area contributed by atoms with Crippen molar-refractivity contribution in [1.82, 2.24) is 10.3 Å². The molecule has 1 atom stereocenters. The van der Waals surface area contributed by atoms with Crippen LogP contribution in [-0.4, -0.2) is 10.9 Å². The van der Waals surface area contributed by atoms with Crippen molar-refractivity contribution in [3.63, 3.8) is 0 Å². The summed E-state index contributed by atoms with van der Waals surface area (Å²) in [4.78, 5) is 18.1. The monoisotopic (exact) mass is 276 g/mol. The van der Waals surface area contributed by atoms with Gasteiger partial charge in [0.15, 0.2) is 0 Å². The Balaban J connectivity index is 1.81. The fourth-order valence-electron chi connectivity index (χ4n) is 2.54. The minimum absolute atomic E-state index is 0.0375. The molecular formula is C14H16N2O2S. The summed E-state index contributed by atoms with van der Waals surface area (Å²) in [7, 11) is 0. The number of nitrogens with one attached hydrogen (secondary N) is 1. The van der Waals surface area contributed by atoms with Gasteiger partial charge in [0.2, 0.25) is 0 Å². The molecule has 19 heavy (non-hydrogen) atoms. The van der Waals surface area contributed by atoms with E-state index in [1.165, 1.54) is 4.88 Å². The topological polar surface area (TPSA) is 55.1 Å². The average Bonchev–Trinajstić information content (AvgIpc) is 2.94. The van der Waals surface area contributed by atoms with Gasteiger partial charge >= 0.3 is 0 Å². The lowest BCUT2D eigenvalue weighted by atomic mass is 9.97. The smallest absolute Gasteiger partial charge is 0.255 e. The third-order valence-corrected chi connectivity index (χ3v) is 4.52. The number of carbonyl (C=O) groups excluding carboxylic acids is 1. The number of rotatable bonds is 2. The number of fused-ring (bicyclic) bond motifs is 1. The molecule has 0 saturated heterocycles. The zero-order valence-electron chi connectivity index (χ0n) is 11.0. The van der Waals surface area contributed by atoms with Gasteiger partial charge in [-0.25, -0.2) is 4.98 Å². The van der Waals surface area contributed by atoms with E-state index in [1.807, 2.05) is 6.92 Å². The molecule has 3 rings (SSSR count). The number of carbonyl (C=O) groups is 1. The maximum atomic E-state index is 12.2.